The largest absolute Gasteiger partial charge is 0.355 e. The molecule has 0 unspecified atom stereocenters. The van der Waals surface area contributed by atoms with Crippen molar-refractivity contribution in [2.45, 2.75) is 39.0 Å². The maximum atomic E-state index is 11.4. The van der Waals surface area contributed by atoms with E-state index in [4.69, 9.17) is 0 Å². The van der Waals surface area contributed by atoms with E-state index >= 15 is 0 Å². The molecular weight excluding hydrogens is 198 g/mol. The lowest BCUT2D eigenvalue weighted by Crippen LogP contribution is -2.36. The standard InChI is InChI=1S/C14H21NO/c1-4-8-13(16)15-11-14(2,3)12-9-6-5-7-10-12/h5-7,9-10H,4,8,11H2,1-3H3,(H,15,16). The summed E-state index contributed by atoms with van der Waals surface area (Å²) in [6, 6.07) is 10.3. The number of hydrogen-bond acceptors (Lipinski definition) is 1. The lowest BCUT2D eigenvalue weighted by atomic mass is 9.84. The Morgan fingerprint density at radius 1 is 1.25 bits per heavy atom. The summed E-state index contributed by atoms with van der Waals surface area (Å²) < 4.78 is 0. The van der Waals surface area contributed by atoms with Crippen LogP contribution in [0.2, 0.25) is 0 Å². The van der Waals surface area contributed by atoms with Crippen LogP contribution >= 0.6 is 0 Å². The second-order valence-electron chi connectivity index (χ2n) is 4.78. The number of rotatable bonds is 5. The summed E-state index contributed by atoms with van der Waals surface area (Å²) in [6.45, 7) is 7.00. The molecule has 16 heavy (non-hydrogen) atoms. The molecule has 0 saturated carbocycles. The Kier molecular flexibility index (Phi) is 4.53. The topological polar surface area (TPSA) is 29.1 Å². The van der Waals surface area contributed by atoms with Gasteiger partial charge in [-0.3, -0.25) is 4.79 Å². The van der Waals surface area contributed by atoms with Gasteiger partial charge in [0.15, 0.2) is 0 Å². The summed E-state index contributed by atoms with van der Waals surface area (Å²) in [5.74, 6) is 0.145. The molecule has 0 bridgehead atoms. The van der Waals surface area contributed by atoms with Gasteiger partial charge in [0.1, 0.15) is 0 Å². The number of nitrogens with one attached hydrogen (secondary N) is 1. The second kappa shape index (κ2) is 5.69. The zero-order chi connectivity index (χ0) is 12.0. The average Bonchev–Trinajstić information content (AvgIpc) is 2.28. The summed E-state index contributed by atoms with van der Waals surface area (Å²) in [5.41, 5.74) is 1.25. The normalized spacial score (nSPS) is 11.2. The molecule has 0 radical (unpaired) electrons. The van der Waals surface area contributed by atoms with Crippen LogP contribution in [0.25, 0.3) is 0 Å². The van der Waals surface area contributed by atoms with Crippen molar-refractivity contribution in [3.05, 3.63) is 35.9 Å². The Balaban J connectivity index is 2.55. The van der Waals surface area contributed by atoms with Crippen LogP contribution in [0, 0.1) is 0 Å². The molecule has 1 rings (SSSR count). The molecule has 0 atom stereocenters. The maximum Gasteiger partial charge on any atom is 0.220 e. The number of carbonyl (C=O) groups excluding carboxylic acids is 1. The Labute approximate surface area is 98.1 Å². The zero-order valence-electron chi connectivity index (χ0n) is 10.4. The van der Waals surface area contributed by atoms with Gasteiger partial charge in [-0.1, -0.05) is 51.1 Å². The minimum Gasteiger partial charge on any atom is -0.355 e. The average molecular weight is 219 g/mol. The van der Waals surface area contributed by atoms with Crippen molar-refractivity contribution in [1.82, 2.24) is 5.32 Å². The van der Waals surface area contributed by atoms with Crippen molar-refractivity contribution < 1.29 is 4.79 Å². The minimum absolute atomic E-state index is 0.00926. The van der Waals surface area contributed by atoms with E-state index in [0.717, 1.165) is 6.42 Å². The highest BCUT2D eigenvalue weighted by Crippen LogP contribution is 2.21. The molecule has 0 heterocycles. The van der Waals surface area contributed by atoms with E-state index in [9.17, 15) is 4.79 Å². The minimum atomic E-state index is -0.00926. The first kappa shape index (κ1) is 12.8. The predicted octanol–water partition coefficient (Wildman–Crippen LogP) is 2.88. The molecule has 1 N–H and O–H groups in total. The van der Waals surface area contributed by atoms with Crippen LogP contribution < -0.4 is 5.32 Å². The van der Waals surface area contributed by atoms with Gasteiger partial charge in [0.2, 0.25) is 5.91 Å². The molecule has 1 aromatic rings. The fourth-order valence-electron chi connectivity index (χ4n) is 1.63. The Morgan fingerprint density at radius 3 is 2.44 bits per heavy atom. The first-order valence-electron chi connectivity index (χ1n) is 5.88. The molecule has 1 aromatic carbocycles. The fourth-order valence-corrected chi connectivity index (χ4v) is 1.63. The first-order chi connectivity index (χ1) is 7.56. The number of carbonyl (C=O) groups is 1. The van der Waals surface area contributed by atoms with Gasteiger partial charge in [0, 0.05) is 18.4 Å². The van der Waals surface area contributed by atoms with E-state index in [-0.39, 0.29) is 11.3 Å². The monoisotopic (exact) mass is 219 g/mol. The molecule has 0 aliphatic carbocycles. The maximum absolute atomic E-state index is 11.4. The van der Waals surface area contributed by atoms with E-state index in [0.29, 0.717) is 13.0 Å². The van der Waals surface area contributed by atoms with Gasteiger partial charge in [-0.05, 0) is 12.0 Å². The lowest BCUT2D eigenvalue weighted by molar-refractivity contribution is -0.121. The number of hydrogen-bond donors (Lipinski definition) is 1. The Morgan fingerprint density at radius 2 is 1.88 bits per heavy atom. The molecule has 0 aliphatic rings. The third kappa shape index (κ3) is 3.69. The van der Waals surface area contributed by atoms with Crippen LogP contribution in [0.3, 0.4) is 0 Å². The molecule has 0 aromatic heterocycles. The van der Waals surface area contributed by atoms with Crippen molar-refractivity contribution in [1.29, 1.82) is 0 Å². The van der Waals surface area contributed by atoms with Crippen LogP contribution in [0.5, 0.6) is 0 Å². The highest BCUT2D eigenvalue weighted by atomic mass is 16.1. The van der Waals surface area contributed by atoms with Crippen molar-refractivity contribution in [3.63, 3.8) is 0 Å². The van der Waals surface area contributed by atoms with E-state index in [1.54, 1.807) is 0 Å². The molecule has 0 fully saturated rings. The van der Waals surface area contributed by atoms with Crippen LogP contribution in [0.4, 0.5) is 0 Å². The zero-order valence-corrected chi connectivity index (χ0v) is 10.4. The molecule has 1 amide bonds. The summed E-state index contributed by atoms with van der Waals surface area (Å²) in [6.07, 6.45) is 1.52. The molecule has 0 spiro atoms. The van der Waals surface area contributed by atoms with E-state index in [2.05, 4.69) is 31.3 Å². The van der Waals surface area contributed by atoms with Crippen molar-refractivity contribution in [2.24, 2.45) is 0 Å². The number of amides is 1. The Hall–Kier alpha value is -1.31. The molecule has 2 heteroatoms. The van der Waals surface area contributed by atoms with Gasteiger partial charge < -0.3 is 5.32 Å². The molecule has 2 nitrogen and oxygen atoms in total. The lowest BCUT2D eigenvalue weighted by Gasteiger charge is -2.25. The van der Waals surface area contributed by atoms with Gasteiger partial charge >= 0.3 is 0 Å². The smallest absolute Gasteiger partial charge is 0.220 e. The molecule has 88 valence electrons. The Bertz CT molecular complexity index is 330. The van der Waals surface area contributed by atoms with Gasteiger partial charge in [-0.25, -0.2) is 0 Å². The quantitative estimate of drug-likeness (QED) is 0.810. The molecule has 0 aliphatic heterocycles. The van der Waals surface area contributed by atoms with Gasteiger partial charge in [-0.2, -0.15) is 0 Å². The van der Waals surface area contributed by atoms with Crippen molar-refractivity contribution in [2.75, 3.05) is 6.54 Å². The van der Waals surface area contributed by atoms with Crippen LogP contribution in [-0.2, 0) is 10.2 Å². The SMILES string of the molecule is CCCC(=O)NCC(C)(C)c1ccccc1. The van der Waals surface area contributed by atoms with Crippen molar-refractivity contribution >= 4 is 5.91 Å². The predicted molar refractivity (Wildman–Crippen MR) is 67.4 cm³/mol. The first-order valence-corrected chi connectivity index (χ1v) is 5.88. The summed E-state index contributed by atoms with van der Waals surface area (Å²) in [7, 11) is 0. The van der Waals surface area contributed by atoms with E-state index < -0.39 is 0 Å². The highest BCUT2D eigenvalue weighted by Gasteiger charge is 2.20. The highest BCUT2D eigenvalue weighted by molar-refractivity contribution is 5.75. The van der Waals surface area contributed by atoms with Crippen LogP contribution in [0.1, 0.15) is 39.2 Å². The summed E-state index contributed by atoms with van der Waals surface area (Å²) >= 11 is 0. The second-order valence-corrected chi connectivity index (χ2v) is 4.78. The van der Waals surface area contributed by atoms with Gasteiger partial charge in [0.25, 0.3) is 0 Å². The van der Waals surface area contributed by atoms with E-state index in [1.165, 1.54) is 5.56 Å². The van der Waals surface area contributed by atoms with Crippen LogP contribution in [-0.4, -0.2) is 12.5 Å². The summed E-state index contributed by atoms with van der Waals surface area (Å²) in [4.78, 5) is 11.4. The third-order valence-corrected chi connectivity index (χ3v) is 2.76. The van der Waals surface area contributed by atoms with Crippen LogP contribution in [0.15, 0.2) is 30.3 Å². The van der Waals surface area contributed by atoms with Gasteiger partial charge in [0.05, 0.1) is 0 Å². The molecular formula is C14H21NO. The van der Waals surface area contributed by atoms with Gasteiger partial charge in [-0.15, -0.1) is 0 Å². The third-order valence-electron chi connectivity index (χ3n) is 2.76. The van der Waals surface area contributed by atoms with E-state index in [1.807, 2.05) is 25.1 Å². The fraction of sp³-hybridized carbons (Fsp3) is 0.500. The number of benzene rings is 1. The molecule has 0 saturated heterocycles. The summed E-state index contributed by atoms with van der Waals surface area (Å²) in [5, 5.41) is 2.98. The van der Waals surface area contributed by atoms with Crippen molar-refractivity contribution in [3.8, 4) is 0 Å².